The molecule has 0 bridgehead atoms. The Balaban J connectivity index is 1.50. The molecule has 5 aromatic rings. The minimum absolute atomic E-state index is 0.266. The van der Waals surface area contributed by atoms with Gasteiger partial charge < -0.3 is 9.47 Å². The van der Waals surface area contributed by atoms with Crippen molar-refractivity contribution >= 4 is 16.6 Å². The molecule has 2 aromatic heterocycles. The zero-order valence-corrected chi connectivity index (χ0v) is 21.0. The van der Waals surface area contributed by atoms with E-state index in [9.17, 15) is 4.39 Å². The van der Waals surface area contributed by atoms with E-state index in [1.807, 2.05) is 71.0 Å². The topological polar surface area (TPSA) is 70.6 Å². The fraction of sp³-hybridized carbons (Fsp3) is 0.129. The highest BCUT2D eigenvalue weighted by molar-refractivity contribution is 5.80. The minimum Gasteiger partial charge on any atom is -0.352 e. The second kappa shape index (κ2) is 10.9. The van der Waals surface area contributed by atoms with Crippen LogP contribution in [0.15, 0.2) is 97.5 Å². The van der Waals surface area contributed by atoms with Crippen LogP contribution in [0.25, 0.3) is 16.6 Å². The standard InChI is InChI=1S/C31H25FN6/c1-3-30(29-15-14-25-6-4-5-7-28(25)35-29)37(19-26-13-8-22(2)16-27(26)32)20-31-36-34-21-38(31)18-24-11-9-23(17-33)10-12-24/h4-16,21H,1,18-20H2,2H3. The van der Waals surface area contributed by atoms with Crippen LogP contribution in [0, 0.1) is 24.1 Å². The zero-order valence-electron chi connectivity index (χ0n) is 21.0. The molecule has 3 aromatic carbocycles. The molecular weight excluding hydrogens is 475 g/mol. The van der Waals surface area contributed by atoms with Gasteiger partial charge in [-0.3, -0.25) is 0 Å². The summed E-state index contributed by atoms with van der Waals surface area (Å²) >= 11 is 0. The van der Waals surface area contributed by atoms with Gasteiger partial charge >= 0.3 is 0 Å². The summed E-state index contributed by atoms with van der Waals surface area (Å²) in [5, 5.41) is 18.6. The first kappa shape index (κ1) is 24.6. The average Bonchev–Trinajstić information content (AvgIpc) is 3.37. The molecule has 0 N–H and O–H groups in total. The van der Waals surface area contributed by atoms with Crippen molar-refractivity contribution in [2.75, 3.05) is 0 Å². The van der Waals surface area contributed by atoms with Gasteiger partial charge in [-0.2, -0.15) is 5.26 Å². The number of rotatable bonds is 8. The van der Waals surface area contributed by atoms with Gasteiger partial charge in [0.15, 0.2) is 5.82 Å². The number of nitrogens with zero attached hydrogens (tertiary/aromatic N) is 6. The Labute approximate surface area is 220 Å². The van der Waals surface area contributed by atoms with Crippen LogP contribution in [0.3, 0.4) is 0 Å². The number of hydrogen-bond donors (Lipinski definition) is 0. The first-order chi connectivity index (χ1) is 18.5. The van der Waals surface area contributed by atoms with Gasteiger partial charge in [0.2, 0.25) is 0 Å². The Kier molecular flexibility index (Phi) is 7.08. The molecule has 7 heteroatoms. The van der Waals surface area contributed by atoms with Crippen LogP contribution in [0.2, 0.25) is 0 Å². The molecule has 0 unspecified atom stereocenters. The molecule has 0 atom stereocenters. The lowest BCUT2D eigenvalue weighted by molar-refractivity contribution is 0.358. The first-order valence-corrected chi connectivity index (χ1v) is 12.2. The van der Waals surface area contributed by atoms with Crippen molar-refractivity contribution in [1.29, 1.82) is 5.26 Å². The Morgan fingerprint density at radius 1 is 1.03 bits per heavy atom. The number of para-hydroxylation sites is 1. The maximum Gasteiger partial charge on any atom is 0.152 e. The lowest BCUT2D eigenvalue weighted by Gasteiger charge is -2.26. The number of aromatic nitrogens is 4. The monoisotopic (exact) mass is 500 g/mol. The van der Waals surface area contributed by atoms with E-state index >= 15 is 0 Å². The number of hydrogen-bond acceptors (Lipinski definition) is 5. The maximum absolute atomic E-state index is 15.0. The average molecular weight is 501 g/mol. The SMILES string of the molecule is C=C=C(c1ccc2ccccc2n1)N(Cc1ccc(C)cc1F)Cc1nncn1Cc1ccc(C#N)cc1. The molecule has 6 nitrogen and oxygen atoms in total. The van der Waals surface area contributed by atoms with Crippen LogP contribution < -0.4 is 0 Å². The molecule has 0 radical (unpaired) electrons. The van der Waals surface area contributed by atoms with Gasteiger partial charge in [0, 0.05) is 17.5 Å². The fourth-order valence-electron chi connectivity index (χ4n) is 4.35. The van der Waals surface area contributed by atoms with E-state index in [0.29, 0.717) is 41.4 Å². The summed E-state index contributed by atoms with van der Waals surface area (Å²) < 4.78 is 16.9. The van der Waals surface area contributed by atoms with Crippen molar-refractivity contribution in [1.82, 2.24) is 24.6 Å². The van der Waals surface area contributed by atoms with Crippen LogP contribution in [0.5, 0.6) is 0 Å². The molecule has 0 saturated heterocycles. The normalized spacial score (nSPS) is 10.7. The molecular formula is C31H25FN6. The minimum atomic E-state index is -0.274. The van der Waals surface area contributed by atoms with E-state index in [2.05, 4.69) is 28.6 Å². The Morgan fingerprint density at radius 2 is 1.84 bits per heavy atom. The molecule has 0 aliphatic heterocycles. The van der Waals surface area contributed by atoms with Gasteiger partial charge in [-0.1, -0.05) is 55.1 Å². The van der Waals surface area contributed by atoms with Crippen LogP contribution in [-0.2, 0) is 19.6 Å². The summed E-state index contributed by atoms with van der Waals surface area (Å²) in [7, 11) is 0. The van der Waals surface area contributed by atoms with Crippen molar-refractivity contribution in [3.63, 3.8) is 0 Å². The zero-order chi connectivity index (χ0) is 26.5. The number of aryl methyl sites for hydroxylation is 1. The molecule has 0 spiro atoms. The van der Waals surface area contributed by atoms with E-state index < -0.39 is 0 Å². The van der Waals surface area contributed by atoms with Gasteiger partial charge in [0.25, 0.3) is 0 Å². The number of nitriles is 1. The van der Waals surface area contributed by atoms with Crippen LogP contribution >= 0.6 is 0 Å². The van der Waals surface area contributed by atoms with E-state index in [1.54, 1.807) is 24.5 Å². The summed E-state index contributed by atoms with van der Waals surface area (Å²) in [4.78, 5) is 6.81. The molecule has 0 fully saturated rings. The molecule has 0 saturated carbocycles. The summed E-state index contributed by atoms with van der Waals surface area (Å²) in [5.74, 6) is 0.416. The molecule has 0 amide bonds. The van der Waals surface area contributed by atoms with Gasteiger partial charge in [-0.25, -0.2) is 9.37 Å². The second-order valence-corrected chi connectivity index (χ2v) is 9.05. The Bertz CT molecular complexity index is 1690. The third kappa shape index (κ3) is 5.36. The van der Waals surface area contributed by atoms with E-state index in [-0.39, 0.29) is 12.4 Å². The molecule has 38 heavy (non-hydrogen) atoms. The molecule has 2 heterocycles. The summed E-state index contributed by atoms with van der Waals surface area (Å²) in [6, 6.07) is 26.6. The van der Waals surface area contributed by atoms with Crippen molar-refractivity contribution in [2.45, 2.75) is 26.6 Å². The third-order valence-corrected chi connectivity index (χ3v) is 6.36. The number of fused-ring (bicyclic) bond motifs is 1. The van der Waals surface area contributed by atoms with Crippen molar-refractivity contribution < 1.29 is 4.39 Å². The number of benzene rings is 3. The smallest absolute Gasteiger partial charge is 0.152 e. The lowest BCUT2D eigenvalue weighted by atomic mass is 10.1. The van der Waals surface area contributed by atoms with Gasteiger partial charge in [-0.05, 0) is 48.4 Å². The predicted octanol–water partition coefficient (Wildman–Crippen LogP) is 6.02. The van der Waals surface area contributed by atoms with Crippen LogP contribution in [-0.4, -0.2) is 24.6 Å². The van der Waals surface area contributed by atoms with Crippen molar-refractivity contribution in [3.05, 3.63) is 137 Å². The van der Waals surface area contributed by atoms with E-state index in [0.717, 1.165) is 22.0 Å². The van der Waals surface area contributed by atoms with Gasteiger partial charge in [0.1, 0.15) is 17.8 Å². The van der Waals surface area contributed by atoms with Crippen LogP contribution in [0.4, 0.5) is 4.39 Å². The fourth-order valence-corrected chi connectivity index (χ4v) is 4.35. The lowest BCUT2D eigenvalue weighted by Crippen LogP contribution is -2.24. The Hall–Kier alpha value is -5.05. The van der Waals surface area contributed by atoms with Gasteiger partial charge in [0.05, 0.1) is 35.9 Å². The summed E-state index contributed by atoms with van der Waals surface area (Å²) in [5.41, 5.74) is 8.24. The first-order valence-electron chi connectivity index (χ1n) is 12.2. The predicted molar refractivity (Wildman–Crippen MR) is 145 cm³/mol. The second-order valence-electron chi connectivity index (χ2n) is 9.05. The highest BCUT2D eigenvalue weighted by atomic mass is 19.1. The van der Waals surface area contributed by atoms with Crippen molar-refractivity contribution in [2.24, 2.45) is 0 Å². The number of halogens is 1. The largest absolute Gasteiger partial charge is 0.352 e. The molecule has 5 rings (SSSR count). The molecule has 0 aliphatic rings. The van der Waals surface area contributed by atoms with E-state index in [4.69, 9.17) is 10.2 Å². The maximum atomic E-state index is 15.0. The van der Waals surface area contributed by atoms with E-state index in [1.165, 1.54) is 6.07 Å². The van der Waals surface area contributed by atoms with Gasteiger partial charge in [-0.15, -0.1) is 15.9 Å². The third-order valence-electron chi connectivity index (χ3n) is 6.36. The summed E-state index contributed by atoms with van der Waals surface area (Å²) in [6.07, 6.45) is 1.67. The summed E-state index contributed by atoms with van der Waals surface area (Å²) in [6.45, 7) is 6.94. The molecule has 0 aliphatic carbocycles. The number of pyridine rings is 1. The highest BCUT2D eigenvalue weighted by Crippen LogP contribution is 2.25. The Morgan fingerprint density at radius 3 is 2.61 bits per heavy atom. The highest BCUT2D eigenvalue weighted by Gasteiger charge is 2.19. The van der Waals surface area contributed by atoms with Crippen molar-refractivity contribution in [3.8, 4) is 6.07 Å². The quantitative estimate of drug-likeness (QED) is 0.244. The van der Waals surface area contributed by atoms with Crippen LogP contribution in [0.1, 0.15) is 33.8 Å². The molecule has 186 valence electrons.